The van der Waals surface area contributed by atoms with E-state index in [0.717, 1.165) is 46.9 Å². The van der Waals surface area contributed by atoms with Crippen molar-refractivity contribution in [2.24, 2.45) is 0 Å². The van der Waals surface area contributed by atoms with Crippen molar-refractivity contribution in [2.45, 2.75) is 32.6 Å². The summed E-state index contributed by atoms with van der Waals surface area (Å²) in [5.74, 6) is 2.17. The van der Waals surface area contributed by atoms with Crippen molar-refractivity contribution >= 4 is 11.9 Å². The molecule has 2 aromatic heterocycles. The lowest BCUT2D eigenvalue weighted by atomic mass is 9.88. The number of hydrogen-bond donors (Lipinski definition) is 2. The number of H-pyrrole nitrogens is 1. The van der Waals surface area contributed by atoms with E-state index in [-0.39, 0.29) is 5.92 Å². The molecule has 148 valence electrons. The SMILES string of the molecule is CCCSNC1=C(C)C(c2[nH]c(-c3ccccc3)nc2-c2ccncc2)C=CC1. The Morgan fingerprint density at radius 3 is 2.66 bits per heavy atom. The fraction of sp³-hybridized carbons (Fsp3) is 0.250. The summed E-state index contributed by atoms with van der Waals surface area (Å²) in [5.41, 5.74) is 6.93. The Bertz CT molecular complexity index is 1010. The maximum Gasteiger partial charge on any atom is 0.138 e. The molecule has 0 bridgehead atoms. The van der Waals surface area contributed by atoms with Crippen LogP contribution in [-0.4, -0.2) is 20.7 Å². The minimum atomic E-state index is 0.168. The summed E-state index contributed by atoms with van der Waals surface area (Å²) in [5, 5.41) is 0. The molecule has 1 aliphatic rings. The molecular formula is C24H26N4S. The average Bonchev–Trinajstić information content (AvgIpc) is 3.22. The first-order valence-electron chi connectivity index (χ1n) is 10.1. The Labute approximate surface area is 176 Å². The molecule has 0 saturated heterocycles. The van der Waals surface area contributed by atoms with Crippen LogP contribution in [0.2, 0.25) is 0 Å². The minimum Gasteiger partial charge on any atom is -0.341 e. The first kappa shape index (κ1) is 19.5. The van der Waals surface area contributed by atoms with Gasteiger partial charge in [0.05, 0.1) is 11.4 Å². The molecule has 1 atom stereocenters. The van der Waals surface area contributed by atoms with Gasteiger partial charge in [-0.1, -0.05) is 61.4 Å². The Kier molecular flexibility index (Phi) is 6.15. The molecule has 3 aromatic rings. The Morgan fingerprint density at radius 1 is 1.10 bits per heavy atom. The molecule has 1 unspecified atom stereocenters. The van der Waals surface area contributed by atoms with E-state index in [2.05, 4.69) is 52.8 Å². The van der Waals surface area contributed by atoms with Crippen LogP contribution in [0.25, 0.3) is 22.6 Å². The highest BCUT2D eigenvalue weighted by molar-refractivity contribution is 7.97. The van der Waals surface area contributed by atoms with Crippen LogP contribution in [0.5, 0.6) is 0 Å². The van der Waals surface area contributed by atoms with Crippen molar-refractivity contribution in [3.05, 3.63) is 84.0 Å². The predicted molar refractivity (Wildman–Crippen MR) is 122 cm³/mol. The summed E-state index contributed by atoms with van der Waals surface area (Å²) in [6, 6.07) is 14.3. The van der Waals surface area contributed by atoms with Gasteiger partial charge in [0.1, 0.15) is 5.82 Å². The molecule has 2 N–H and O–H groups in total. The highest BCUT2D eigenvalue weighted by Crippen LogP contribution is 2.38. The predicted octanol–water partition coefficient (Wildman–Crippen LogP) is 6.10. The van der Waals surface area contributed by atoms with Gasteiger partial charge < -0.3 is 9.71 Å². The molecule has 0 amide bonds. The largest absolute Gasteiger partial charge is 0.341 e. The number of aromatic amines is 1. The monoisotopic (exact) mass is 402 g/mol. The lowest BCUT2D eigenvalue weighted by Crippen LogP contribution is -2.14. The van der Waals surface area contributed by atoms with Crippen LogP contribution < -0.4 is 4.72 Å². The molecule has 2 heterocycles. The smallest absolute Gasteiger partial charge is 0.138 e. The molecule has 0 fully saturated rings. The average molecular weight is 403 g/mol. The summed E-state index contributed by atoms with van der Waals surface area (Å²) in [6.07, 6.45) is 10.3. The number of rotatable bonds is 7. The third kappa shape index (κ3) is 4.30. The van der Waals surface area contributed by atoms with E-state index >= 15 is 0 Å². The number of allylic oxidation sites excluding steroid dienone is 3. The second kappa shape index (κ2) is 9.14. The summed E-state index contributed by atoms with van der Waals surface area (Å²) in [6.45, 7) is 4.43. The second-order valence-corrected chi connectivity index (χ2v) is 8.07. The van der Waals surface area contributed by atoms with Gasteiger partial charge in [0.15, 0.2) is 0 Å². The molecule has 1 aliphatic carbocycles. The quantitative estimate of drug-likeness (QED) is 0.285. The van der Waals surface area contributed by atoms with E-state index in [1.54, 1.807) is 11.9 Å². The van der Waals surface area contributed by atoms with Gasteiger partial charge in [0, 0.05) is 47.3 Å². The highest BCUT2D eigenvalue weighted by Gasteiger charge is 2.24. The van der Waals surface area contributed by atoms with E-state index in [0.29, 0.717) is 0 Å². The van der Waals surface area contributed by atoms with Gasteiger partial charge in [-0.05, 0) is 31.1 Å². The maximum absolute atomic E-state index is 5.00. The van der Waals surface area contributed by atoms with Gasteiger partial charge in [-0.15, -0.1) is 0 Å². The molecule has 1 aromatic carbocycles. The van der Waals surface area contributed by atoms with Crippen molar-refractivity contribution in [3.8, 4) is 22.6 Å². The molecule has 5 heteroatoms. The zero-order valence-electron chi connectivity index (χ0n) is 16.9. The van der Waals surface area contributed by atoms with Crippen molar-refractivity contribution in [3.63, 3.8) is 0 Å². The summed E-state index contributed by atoms with van der Waals surface area (Å²) < 4.78 is 3.57. The maximum atomic E-state index is 5.00. The van der Waals surface area contributed by atoms with Crippen molar-refractivity contribution in [2.75, 3.05) is 5.75 Å². The molecular weight excluding hydrogens is 376 g/mol. The Hall–Kier alpha value is -2.79. The van der Waals surface area contributed by atoms with Crippen molar-refractivity contribution < 1.29 is 0 Å². The summed E-state index contributed by atoms with van der Waals surface area (Å²) >= 11 is 1.79. The number of nitrogens with one attached hydrogen (secondary N) is 2. The van der Waals surface area contributed by atoms with Crippen molar-refractivity contribution in [1.82, 2.24) is 19.7 Å². The molecule has 0 radical (unpaired) electrons. The van der Waals surface area contributed by atoms with E-state index in [4.69, 9.17) is 4.98 Å². The van der Waals surface area contributed by atoms with E-state index in [1.807, 2.05) is 42.7 Å². The van der Waals surface area contributed by atoms with Crippen LogP contribution in [0, 0.1) is 0 Å². The van der Waals surface area contributed by atoms with Gasteiger partial charge >= 0.3 is 0 Å². The molecule has 4 rings (SSSR count). The lowest BCUT2D eigenvalue weighted by Gasteiger charge is -2.23. The third-order valence-corrected chi connectivity index (χ3v) is 6.14. The van der Waals surface area contributed by atoms with E-state index in [9.17, 15) is 0 Å². The number of pyridine rings is 1. The first-order valence-corrected chi connectivity index (χ1v) is 11.1. The van der Waals surface area contributed by atoms with Crippen LogP contribution in [0.15, 0.2) is 78.3 Å². The van der Waals surface area contributed by atoms with Crippen LogP contribution in [0.3, 0.4) is 0 Å². The standard InChI is InChI=1S/C24H26N4S/c1-3-16-29-28-21-11-7-10-20(17(21)2)23-22(18-12-14-25-15-13-18)26-24(27-23)19-8-5-4-6-9-19/h4-10,12-15,20,28H,3,11,16H2,1-2H3,(H,26,27). The summed E-state index contributed by atoms with van der Waals surface area (Å²) in [4.78, 5) is 12.8. The number of hydrogen-bond acceptors (Lipinski definition) is 4. The zero-order valence-corrected chi connectivity index (χ0v) is 17.7. The first-order chi connectivity index (χ1) is 14.3. The number of aromatic nitrogens is 3. The summed E-state index contributed by atoms with van der Waals surface area (Å²) in [7, 11) is 0. The molecule has 0 saturated carbocycles. The molecule has 0 spiro atoms. The fourth-order valence-electron chi connectivity index (χ4n) is 3.56. The van der Waals surface area contributed by atoms with Crippen LogP contribution in [0.4, 0.5) is 0 Å². The topological polar surface area (TPSA) is 53.6 Å². The lowest BCUT2D eigenvalue weighted by molar-refractivity contribution is 0.860. The normalized spacial score (nSPS) is 16.3. The third-order valence-electron chi connectivity index (χ3n) is 5.14. The van der Waals surface area contributed by atoms with Crippen LogP contribution in [-0.2, 0) is 0 Å². The van der Waals surface area contributed by atoms with Gasteiger partial charge in [0.25, 0.3) is 0 Å². The number of benzene rings is 1. The highest BCUT2D eigenvalue weighted by atomic mass is 32.2. The minimum absolute atomic E-state index is 0.168. The van der Waals surface area contributed by atoms with Gasteiger partial charge in [-0.3, -0.25) is 4.98 Å². The van der Waals surface area contributed by atoms with Gasteiger partial charge in [0.2, 0.25) is 0 Å². The van der Waals surface area contributed by atoms with Crippen LogP contribution in [0.1, 0.15) is 38.3 Å². The van der Waals surface area contributed by atoms with E-state index in [1.165, 1.54) is 11.3 Å². The van der Waals surface area contributed by atoms with Gasteiger partial charge in [-0.2, -0.15) is 0 Å². The van der Waals surface area contributed by atoms with Crippen LogP contribution >= 0.6 is 11.9 Å². The molecule has 0 aliphatic heterocycles. The Morgan fingerprint density at radius 2 is 1.90 bits per heavy atom. The fourth-order valence-corrected chi connectivity index (χ4v) is 4.29. The Balaban J connectivity index is 1.76. The van der Waals surface area contributed by atoms with Crippen molar-refractivity contribution in [1.29, 1.82) is 0 Å². The number of imidazole rings is 1. The van der Waals surface area contributed by atoms with Gasteiger partial charge in [-0.25, -0.2) is 4.98 Å². The number of nitrogens with zero attached hydrogens (tertiary/aromatic N) is 2. The zero-order chi connectivity index (χ0) is 20.1. The molecule has 4 nitrogen and oxygen atoms in total. The molecule has 29 heavy (non-hydrogen) atoms. The second-order valence-electron chi connectivity index (χ2n) is 7.17. The van der Waals surface area contributed by atoms with E-state index < -0.39 is 0 Å².